The van der Waals surface area contributed by atoms with Gasteiger partial charge in [-0.15, -0.1) is 0 Å². The van der Waals surface area contributed by atoms with Crippen molar-refractivity contribution in [3.63, 3.8) is 0 Å². The highest BCUT2D eigenvalue weighted by molar-refractivity contribution is 6.36. The highest BCUT2D eigenvalue weighted by Crippen LogP contribution is 2.46. The number of benzene rings is 2. The Kier molecular flexibility index (Phi) is 6.21. The van der Waals surface area contributed by atoms with Crippen molar-refractivity contribution in [1.82, 2.24) is 19.6 Å². The van der Waals surface area contributed by atoms with Crippen molar-refractivity contribution in [1.29, 1.82) is 0 Å². The molecule has 0 fully saturated rings. The number of carbonyl (C=O) groups excluding carboxylic acids is 1. The van der Waals surface area contributed by atoms with Gasteiger partial charge in [0.1, 0.15) is 10.8 Å². The minimum Gasteiger partial charge on any atom is -0.362 e. The minimum absolute atomic E-state index is 0.0469. The van der Waals surface area contributed by atoms with Gasteiger partial charge in [0.05, 0.1) is 12.6 Å². The van der Waals surface area contributed by atoms with Crippen LogP contribution in [-0.4, -0.2) is 31.6 Å². The van der Waals surface area contributed by atoms with Crippen LogP contribution in [0.5, 0.6) is 0 Å². The number of fused-ring (bicyclic) bond motifs is 1. The highest BCUT2D eigenvalue weighted by atomic mass is 35.5. The molecule has 0 aliphatic carbocycles. The Morgan fingerprint density at radius 2 is 1.83 bits per heavy atom. The van der Waals surface area contributed by atoms with Crippen LogP contribution in [0.25, 0.3) is 0 Å². The van der Waals surface area contributed by atoms with E-state index in [0.717, 1.165) is 15.8 Å². The first-order valence-electron chi connectivity index (χ1n) is 11.3. The summed E-state index contributed by atoms with van der Waals surface area (Å²) < 4.78 is 44.3. The normalized spacial score (nSPS) is 17.4. The largest absolute Gasteiger partial charge is 0.410 e. The molecule has 1 amide bonds. The van der Waals surface area contributed by atoms with Gasteiger partial charge in [-0.05, 0) is 23.6 Å². The van der Waals surface area contributed by atoms with Gasteiger partial charge in [0, 0.05) is 18.7 Å². The van der Waals surface area contributed by atoms with Crippen molar-refractivity contribution >= 4 is 29.1 Å². The molecule has 5 rings (SSSR count). The van der Waals surface area contributed by atoms with E-state index in [1.807, 2.05) is 31.2 Å². The predicted octanol–water partition coefficient (Wildman–Crippen LogP) is 6.00. The van der Waals surface area contributed by atoms with Gasteiger partial charge in [0.2, 0.25) is 0 Å². The molecule has 0 bridgehead atoms. The monoisotopic (exact) mass is 514 g/mol. The molecule has 1 aliphatic rings. The summed E-state index contributed by atoms with van der Waals surface area (Å²) in [4.78, 5) is 13.0. The number of carbonyl (C=O) groups is 1. The van der Waals surface area contributed by atoms with Gasteiger partial charge in [-0.1, -0.05) is 66.2 Å². The second kappa shape index (κ2) is 9.34. The van der Waals surface area contributed by atoms with Gasteiger partial charge in [-0.25, -0.2) is 4.68 Å². The number of alkyl halides is 3. The lowest BCUT2D eigenvalue weighted by Crippen LogP contribution is -2.35. The van der Waals surface area contributed by atoms with Crippen LogP contribution in [0.4, 0.5) is 24.8 Å². The zero-order valence-corrected chi connectivity index (χ0v) is 19.9. The first kappa shape index (κ1) is 23.9. The standard InChI is InChI=1S/C25H22ClF3N6O/c1-15-7-5-6-10-17(15)14-34-12-11-20(32-34)31-24(36)22-21(26)23-30-18(16-8-3-2-4-9-16)13-19(25(27,28)29)35(23)33-22/h2-12,18-19,30H,13-14H2,1H3,(H,31,32,36). The third-order valence-corrected chi connectivity index (χ3v) is 6.55. The summed E-state index contributed by atoms with van der Waals surface area (Å²) in [6, 6.07) is 15.7. The minimum atomic E-state index is -4.58. The Bertz CT molecular complexity index is 1400. The highest BCUT2D eigenvalue weighted by Gasteiger charge is 2.47. The van der Waals surface area contributed by atoms with E-state index >= 15 is 0 Å². The fourth-order valence-corrected chi connectivity index (χ4v) is 4.56. The number of anilines is 2. The molecule has 0 saturated heterocycles. The summed E-state index contributed by atoms with van der Waals surface area (Å²) in [5.41, 5.74) is 2.55. The number of aryl methyl sites for hydroxylation is 1. The van der Waals surface area contributed by atoms with Crippen molar-refractivity contribution in [2.24, 2.45) is 0 Å². The molecule has 2 aromatic carbocycles. The van der Waals surface area contributed by atoms with E-state index in [1.54, 1.807) is 47.3 Å². The van der Waals surface area contributed by atoms with E-state index in [0.29, 0.717) is 12.1 Å². The van der Waals surface area contributed by atoms with Gasteiger partial charge in [-0.3, -0.25) is 9.48 Å². The van der Waals surface area contributed by atoms with E-state index < -0.39 is 24.2 Å². The number of hydrogen-bond donors (Lipinski definition) is 2. The zero-order valence-electron chi connectivity index (χ0n) is 19.1. The van der Waals surface area contributed by atoms with Crippen LogP contribution in [-0.2, 0) is 6.54 Å². The maximum absolute atomic E-state index is 14.0. The number of halogens is 4. The lowest BCUT2D eigenvalue weighted by atomic mass is 9.97. The van der Waals surface area contributed by atoms with Crippen LogP contribution in [0.15, 0.2) is 66.9 Å². The van der Waals surface area contributed by atoms with Crippen LogP contribution in [0.3, 0.4) is 0 Å². The van der Waals surface area contributed by atoms with Gasteiger partial charge < -0.3 is 10.6 Å². The van der Waals surface area contributed by atoms with Crippen molar-refractivity contribution in [3.05, 3.63) is 94.3 Å². The van der Waals surface area contributed by atoms with Gasteiger partial charge >= 0.3 is 6.18 Å². The molecule has 36 heavy (non-hydrogen) atoms. The van der Waals surface area contributed by atoms with Gasteiger partial charge in [-0.2, -0.15) is 23.4 Å². The number of nitrogens with one attached hydrogen (secondary N) is 2. The van der Waals surface area contributed by atoms with Crippen molar-refractivity contribution < 1.29 is 18.0 Å². The molecule has 3 heterocycles. The number of rotatable bonds is 5. The van der Waals surface area contributed by atoms with Crippen LogP contribution in [0, 0.1) is 6.92 Å². The third-order valence-electron chi connectivity index (χ3n) is 6.19. The lowest BCUT2D eigenvalue weighted by Gasteiger charge is -2.33. The third kappa shape index (κ3) is 4.68. The number of nitrogens with zero attached hydrogens (tertiary/aromatic N) is 4. The van der Waals surface area contributed by atoms with E-state index in [-0.39, 0.29) is 28.8 Å². The van der Waals surface area contributed by atoms with Crippen molar-refractivity contribution in [3.8, 4) is 0 Å². The number of amides is 1. The Labute approximate surface area is 209 Å². The first-order chi connectivity index (χ1) is 17.2. The Morgan fingerprint density at radius 1 is 1.11 bits per heavy atom. The summed E-state index contributed by atoms with van der Waals surface area (Å²) in [6.07, 6.45) is -3.17. The Balaban J connectivity index is 1.39. The summed E-state index contributed by atoms with van der Waals surface area (Å²) in [5, 5.41) is 13.7. The molecule has 2 N–H and O–H groups in total. The van der Waals surface area contributed by atoms with Crippen LogP contribution in [0.2, 0.25) is 5.02 Å². The SMILES string of the molecule is Cc1ccccc1Cn1ccc(NC(=O)c2nn3c(c2Cl)NC(c2ccccc2)CC3C(F)(F)F)n1. The van der Waals surface area contributed by atoms with Crippen LogP contribution < -0.4 is 10.6 Å². The van der Waals surface area contributed by atoms with Crippen molar-refractivity contribution in [2.75, 3.05) is 10.6 Å². The second-order valence-corrected chi connectivity index (χ2v) is 9.01. The molecule has 4 aromatic rings. The molecule has 11 heteroatoms. The first-order valence-corrected chi connectivity index (χ1v) is 11.6. The maximum Gasteiger partial charge on any atom is 0.410 e. The van der Waals surface area contributed by atoms with E-state index in [1.165, 1.54) is 0 Å². The summed E-state index contributed by atoms with van der Waals surface area (Å²) in [5.74, 6) is -0.561. The molecular formula is C25H22ClF3N6O. The average Bonchev–Trinajstić information content (AvgIpc) is 3.43. The molecule has 2 atom stereocenters. The number of aromatic nitrogens is 4. The van der Waals surface area contributed by atoms with Gasteiger partial charge in [0.15, 0.2) is 17.6 Å². The van der Waals surface area contributed by atoms with E-state index in [4.69, 9.17) is 11.6 Å². The summed E-state index contributed by atoms with van der Waals surface area (Å²) >= 11 is 6.40. The molecule has 0 spiro atoms. The number of hydrogen-bond acceptors (Lipinski definition) is 4. The van der Waals surface area contributed by atoms with E-state index in [2.05, 4.69) is 20.8 Å². The fraction of sp³-hybridized carbons (Fsp3) is 0.240. The quantitative estimate of drug-likeness (QED) is 0.342. The van der Waals surface area contributed by atoms with Crippen LogP contribution in [0.1, 0.15) is 45.7 Å². The fourth-order valence-electron chi connectivity index (χ4n) is 4.29. The summed E-state index contributed by atoms with van der Waals surface area (Å²) in [6.45, 7) is 2.49. The molecule has 1 aliphatic heterocycles. The smallest absolute Gasteiger partial charge is 0.362 e. The molecule has 2 aromatic heterocycles. The maximum atomic E-state index is 14.0. The molecule has 186 valence electrons. The molecule has 0 saturated carbocycles. The predicted molar refractivity (Wildman–Crippen MR) is 130 cm³/mol. The Hall–Kier alpha value is -3.79. The average molecular weight is 515 g/mol. The topological polar surface area (TPSA) is 76.8 Å². The Morgan fingerprint density at radius 3 is 2.56 bits per heavy atom. The molecule has 0 radical (unpaired) electrons. The lowest BCUT2D eigenvalue weighted by molar-refractivity contribution is -0.173. The van der Waals surface area contributed by atoms with E-state index in [9.17, 15) is 18.0 Å². The molecule has 2 unspecified atom stereocenters. The molecule has 7 nitrogen and oxygen atoms in total. The van der Waals surface area contributed by atoms with Crippen molar-refractivity contribution in [2.45, 2.75) is 38.1 Å². The van der Waals surface area contributed by atoms with Crippen LogP contribution >= 0.6 is 11.6 Å². The summed E-state index contributed by atoms with van der Waals surface area (Å²) in [7, 11) is 0. The molecular weight excluding hydrogens is 493 g/mol. The zero-order chi connectivity index (χ0) is 25.4. The second-order valence-electron chi connectivity index (χ2n) is 8.64. The van der Waals surface area contributed by atoms with Gasteiger partial charge in [0.25, 0.3) is 5.91 Å².